The fourth-order valence-electron chi connectivity index (χ4n) is 3.70. The molecule has 3 aromatic heterocycles. The molecule has 26 heavy (non-hydrogen) atoms. The van der Waals surface area contributed by atoms with Crippen LogP contribution in [0.5, 0.6) is 0 Å². The maximum atomic E-state index is 4.41. The van der Waals surface area contributed by atoms with Gasteiger partial charge in [-0.1, -0.05) is 0 Å². The van der Waals surface area contributed by atoms with Gasteiger partial charge in [0.1, 0.15) is 12.2 Å². The average Bonchev–Trinajstić information content (AvgIpc) is 3.24. The molecule has 3 aromatic rings. The summed E-state index contributed by atoms with van der Waals surface area (Å²) in [5.41, 5.74) is 0.969. The Kier molecular flexibility index (Phi) is 3.69. The number of anilines is 1. The Balaban J connectivity index is 1.26. The molecule has 8 nitrogen and oxygen atoms in total. The third kappa shape index (κ3) is 2.85. The highest BCUT2D eigenvalue weighted by atomic mass is 15.4. The molecule has 0 aromatic carbocycles. The van der Waals surface area contributed by atoms with Gasteiger partial charge < -0.3 is 9.47 Å². The van der Waals surface area contributed by atoms with E-state index in [1.165, 1.54) is 18.7 Å². The standard InChI is InChI=1S/C18H22N8/c1-13-6-11-26(23-13)17-5-4-16(20-21-17)24-9-7-14(8-10-24)18-22-19-12-25(18)15-2-3-15/h4-6,11-12,14-15H,2-3,7-10H2,1H3. The minimum absolute atomic E-state index is 0.494. The van der Waals surface area contributed by atoms with Crippen LogP contribution in [0.3, 0.4) is 0 Å². The summed E-state index contributed by atoms with van der Waals surface area (Å²) in [5.74, 6) is 3.34. The van der Waals surface area contributed by atoms with E-state index in [0.717, 1.165) is 43.3 Å². The molecule has 2 fully saturated rings. The maximum absolute atomic E-state index is 4.41. The van der Waals surface area contributed by atoms with E-state index in [1.807, 2.05) is 37.6 Å². The van der Waals surface area contributed by atoms with E-state index in [-0.39, 0.29) is 0 Å². The predicted molar refractivity (Wildman–Crippen MR) is 96.4 cm³/mol. The molecule has 4 heterocycles. The number of hydrogen-bond donors (Lipinski definition) is 0. The summed E-state index contributed by atoms with van der Waals surface area (Å²) < 4.78 is 4.05. The Morgan fingerprint density at radius 1 is 0.923 bits per heavy atom. The lowest BCUT2D eigenvalue weighted by atomic mass is 9.96. The molecule has 8 heteroatoms. The van der Waals surface area contributed by atoms with Crippen molar-refractivity contribution in [2.45, 2.75) is 44.6 Å². The Morgan fingerprint density at radius 2 is 1.69 bits per heavy atom. The predicted octanol–water partition coefficient (Wildman–Crippen LogP) is 2.28. The second-order valence-electron chi connectivity index (χ2n) is 7.24. The number of hydrogen-bond acceptors (Lipinski definition) is 6. The Bertz CT molecular complexity index is 884. The highest BCUT2D eigenvalue weighted by molar-refractivity contribution is 5.40. The average molecular weight is 350 g/mol. The summed E-state index contributed by atoms with van der Waals surface area (Å²) in [5, 5.41) is 21.7. The van der Waals surface area contributed by atoms with Crippen molar-refractivity contribution in [3.8, 4) is 5.82 Å². The minimum Gasteiger partial charge on any atom is -0.355 e. The lowest BCUT2D eigenvalue weighted by Gasteiger charge is -2.32. The minimum atomic E-state index is 0.494. The van der Waals surface area contributed by atoms with Gasteiger partial charge in [-0.2, -0.15) is 5.10 Å². The van der Waals surface area contributed by atoms with Crippen LogP contribution in [0.2, 0.25) is 0 Å². The van der Waals surface area contributed by atoms with Crippen LogP contribution in [0.4, 0.5) is 5.82 Å². The van der Waals surface area contributed by atoms with Gasteiger partial charge >= 0.3 is 0 Å². The number of rotatable bonds is 4. The zero-order chi connectivity index (χ0) is 17.5. The molecule has 5 rings (SSSR count). The lowest BCUT2D eigenvalue weighted by molar-refractivity contribution is 0.462. The summed E-state index contributed by atoms with van der Waals surface area (Å²) in [6.45, 7) is 3.90. The van der Waals surface area contributed by atoms with Crippen molar-refractivity contribution in [1.82, 2.24) is 34.7 Å². The van der Waals surface area contributed by atoms with Crippen molar-refractivity contribution < 1.29 is 0 Å². The van der Waals surface area contributed by atoms with Gasteiger partial charge in [-0.15, -0.1) is 20.4 Å². The second kappa shape index (κ2) is 6.19. The van der Waals surface area contributed by atoms with Crippen LogP contribution in [-0.2, 0) is 0 Å². The molecule has 0 spiro atoms. The molecular formula is C18H22N8. The molecule has 1 saturated heterocycles. The molecule has 1 aliphatic carbocycles. The highest BCUT2D eigenvalue weighted by Gasteiger charge is 2.31. The van der Waals surface area contributed by atoms with Gasteiger partial charge in [-0.25, -0.2) is 4.68 Å². The van der Waals surface area contributed by atoms with Crippen molar-refractivity contribution in [2.75, 3.05) is 18.0 Å². The van der Waals surface area contributed by atoms with Crippen LogP contribution in [0.15, 0.2) is 30.7 Å². The van der Waals surface area contributed by atoms with Gasteiger partial charge in [0.2, 0.25) is 0 Å². The first kappa shape index (κ1) is 15.5. The van der Waals surface area contributed by atoms with Crippen molar-refractivity contribution >= 4 is 5.82 Å². The van der Waals surface area contributed by atoms with Crippen LogP contribution in [0, 0.1) is 6.92 Å². The van der Waals surface area contributed by atoms with E-state index in [1.54, 1.807) is 4.68 Å². The van der Waals surface area contributed by atoms with Crippen LogP contribution in [0.1, 0.15) is 49.2 Å². The molecule has 0 atom stereocenters. The van der Waals surface area contributed by atoms with Crippen molar-refractivity contribution in [2.24, 2.45) is 0 Å². The van der Waals surface area contributed by atoms with E-state index in [4.69, 9.17) is 0 Å². The van der Waals surface area contributed by atoms with Gasteiger partial charge in [0.15, 0.2) is 11.6 Å². The number of aryl methyl sites for hydroxylation is 1. The first-order valence-corrected chi connectivity index (χ1v) is 9.28. The summed E-state index contributed by atoms with van der Waals surface area (Å²) in [6, 6.07) is 6.61. The first-order chi connectivity index (χ1) is 12.8. The number of aromatic nitrogens is 7. The Labute approximate surface area is 151 Å². The summed E-state index contributed by atoms with van der Waals surface area (Å²) in [4.78, 5) is 2.31. The molecule has 1 aliphatic heterocycles. The van der Waals surface area contributed by atoms with Crippen LogP contribution in [0.25, 0.3) is 5.82 Å². The topological polar surface area (TPSA) is 77.5 Å². The summed E-state index contributed by atoms with van der Waals surface area (Å²) >= 11 is 0. The molecule has 0 bridgehead atoms. The van der Waals surface area contributed by atoms with Crippen LogP contribution < -0.4 is 4.90 Å². The summed E-state index contributed by atoms with van der Waals surface area (Å²) in [6.07, 6.45) is 8.49. The monoisotopic (exact) mass is 350 g/mol. The number of piperidine rings is 1. The third-order valence-electron chi connectivity index (χ3n) is 5.32. The maximum Gasteiger partial charge on any atom is 0.175 e. The fourth-order valence-corrected chi connectivity index (χ4v) is 3.70. The van der Waals surface area contributed by atoms with Crippen molar-refractivity contribution in [1.29, 1.82) is 0 Å². The fraction of sp³-hybridized carbons (Fsp3) is 0.500. The van der Waals surface area contributed by atoms with E-state index in [9.17, 15) is 0 Å². The van der Waals surface area contributed by atoms with Crippen molar-refractivity contribution in [3.05, 3.63) is 42.2 Å². The largest absolute Gasteiger partial charge is 0.355 e. The zero-order valence-electron chi connectivity index (χ0n) is 14.9. The summed E-state index contributed by atoms with van der Waals surface area (Å²) in [7, 11) is 0. The Hall–Kier alpha value is -2.77. The van der Waals surface area contributed by atoms with E-state index in [0.29, 0.717) is 12.0 Å². The van der Waals surface area contributed by atoms with E-state index >= 15 is 0 Å². The van der Waals surface area contributed by atoms with Gasteiger partial charge in [-0.3, -0.25) is 0 Å². The van der Waals surface area contributed by atoms with Gasteiger partial charge in [0, 0.05) is 31.2 Å². The van der Waals surface area contributed by atoms with E-state index in [2.05, 4.69) is 35.0 Å². The highest BCUT2D eigenvalue weighted by Crippen LogP contribution is 2.38. The third-order valence-corrected chi connectivity index (χ3v) is 5.32. The smallest absolute Gasteiger partial charge is 0.175 e. The van der Waals surface area contributed by atoms with Gasteiger partial charge in [0.05, 0.1) is 5.69 Å². The molecule has 1 saturated carbocycles. The second-order valence-corrected chi connectivity index (χ2v) is 7.24. The molecule has 0 N–H and O–H groups in total. The van der Waals surface area contributed by atoms with Crippen LogP contribution in [-0.4, -0.2) is 47.8 Å². The molecule has 0 radical (unpaired) electrons. The molecule has 2 aliphatic rings. The SMILES string of the molecule is Cc1ccn(-c2ccc(N3CCC(c4nncn4C4CC4)CC3)nn2)n1. The van der Waals surface area contributed by atoms with E-state index < -0.39 is 0 Å². The zero-order valence-corrected chi connectivity index (χ0v) is 14.9. The number of nitrogens with zero attached hydrogens (tertiary/aromatic N) is 8. The molecular weight excluding hydrogens is 328 g/mol. The lowest BCUT2D eigenvalue weighted by Crippen LogP contribution is -2.34. The normalized spacial score (nSPS) is 18.4. The Morgan fingerprint density at radius 3 is 2.35 bits per heavy atom. The first-order valence-electron chi connectivity index (χ1n) is 9.28. The molecule has 0 unspecified atom stereocenters. The van der Waals surface area contributed by atoms with Crippen molar-refractivity contribution in [3.63, 3.8) is 0 Å². The molecule has 134 valence electrons. The van der Waals surface area contributed by atoms with Crippen LogP contribution >= 0.6 is 0 Å². The molecule has 0 amide bonds. The van der Waals surface area contributed by atoms with Gasteiger partial charge in [-0.05, 0) is 50.8 Å². The quantitative estimate of drug-likeness (QED) is 0.718. The van der Waals surface area contributed by atoms with Gasteiger partial charge in [0.25, 0.3) is 0 Å².